The van der Waals surface area contributed by atoms with Gasteiger partial charge in [-0.2, -0.15) is 5.10 Å². The van der Waals surface area contributed by atoms with Crippen molar-refractivity contribution in [1.82, 2.24) is 19.3 Å². The maximum absolute atomic E-state index is 6.15. The molecule has 0 aliphatic carbocycles. The smallest absolute Gasteiger partial charge is 0.159 e. The summed E-state index contributed by atoms with van der Waals surface area (Å²) in [7, 11) is 1.99. The Labute approximate surface area is 123 Å². The summed E-state index contributed by atoms with van der Waals surface area (Å²) in [5.74, 6) is 1.36. The highest BCUT2D eigenvalue weighted by molar-refractivity contribution is 6.16. The van der Waals surface area contributed by atoms with Crippen LogP contribution in [0, 0.1) is 0 Å². The van der Waals surface area contributed by atoms with Gasteiger partial charge in [-0.3, -0.25) is 4.68 Å². The molecule has 1 fully saturated rings. The van der Waals surface area contributed by atoms with Crippen molar-refractivity contribution in [2.24, 2.45) is 7.05 Å². The predicted molar refractivity (Wildman–Crippen MR) is 79.1 cm³/mol. The molecule has 1 saturated heterocycles. The molecule has 0 bridgehead atoms. The average molecular weight is 297 g/mol. The van der Waals surface area contributed by atoms with Crippen LogP contribution in [0.3, 0.4) is 0 Å². The molecular formula is C14H21ClN4O. The molecule has 6 heteroatoms. The molecule has 20 heavy (non-hydrogen) atoms. The molecule has 1 aliphatic rings. The number of halogens is 1. The molecule has 0 atom stereocenters. The zero-order chi connectivity index (χ0) is 14.3. The molecule has 1 aliphatic heterocycles. The van der Waals surface area contributed by atoms with Gasteiger partial charge in [0.1, 0.15) is 11.3 Å². The molecule has 5 nitrogen and oxygen atoms in total. The minimum Gasteiger partial charge on any atom is -0.381 e. The topological polar surface area (TPSA) is 44.9 Å². The molecule has 3 heterocycles. The zero-order valence-corrected chi connectivity index (χ0v) is 13.1. The van der Waals surface area contributed by atoms with E-state index in [4.69, 9.17) is 21.3 Å². The Morgan fingerprint density at radius 2 is 2.05 bits per heavy atom. The van der Waals surface area contributed by atoms with Crippen LogP contribution in [0.2, 0.25) is 0 Å². The van der Waals surface area contributed by atoms with Gasteiger partial charge in [0.05, 0.1) is 11.6 Å². The summed E-state index contributed by atoms with van der Waals surface area (Å²) in [6.45, 7) is 5.95. The van der Waals surface area contributed by atoms with Crippen LogP contribution in [0.4, 0.5) is 0 Å². The number of rotatable bonds is 3. The Kier molecular flexibility index (Phi) is 3.50. The summed E-state index contributed by atoms with van der Waals surface area (Å²) < 4.78 is 9.75. The molecule has 0 N–H and O–H groups in total. The maximum Gasteiger partial charge on any atom is 0.159 e. The third kappa shape index (κ3) is 1.95. The normalized spacial score (nSPS) is 18.8. The number of ether oxygens (including phenoxy) is 1. The third-order valence-electron chi connectivity index (χ3n) is 4.34. The quantitative estimate of drug-likeness (QED) is 0.818. The van der Waals surface area contributed by atoms with Crippen molar-refractivity contribution in [3.63, 3.8) is 0 Å². The summed E-state index contributed by atoms with van der Waals surface area (Å²) in [5, 5.41) is 4.59. The molecule has 0 amide bonds. The second-order valence-electron chi connectivity index (χ2n) is 5.70. The highest BCUT2D eigenvalue weighted by Gasteiger charge is 2.34. The van der Waals surface area contributed by atoms with E-state index in [-0.39, 0.29) is 5.54 Å². The fourth-order valence-corrected chi connectivity index (χ4v) is 3.33. The molecule has 0 radical (unpaired) electrons. The lowest BCUT2D eigenvalue weighted by atomic mass is 9.92. The Morgan fingerprint density at radius 3 is 2.65 bits per heavy atom. The second kappa shape index (κ2) is 5.04. The number of imidazole rings is 1. The summed E-state index contributed by atoms with van der Waals surface area (Å²) >= 11 is 6.15. The van der Waals surface area contributed by atoms with Crippen LogP contribution >= 0.6 is 11.6 Å². The second-order valence-corrected chi connectivity index (χ2v) is 5.97. The van der Waals surface area contributed by atoms with Crippen molar-refractivity contribution < 1.29 is 4.74 Å². The van der Waals surface area contributed by atoms with Crippen LogP contribution in [0.1, 0.15) is 38.2 Å². The molecule has 0 spiro atoms. The van der Waals surface area contributed by atoms with Gasteiger partial charge in [0.2, 0.25) is 0 Å². The van der Waals surface area contributed by atoms with Gasteiger partial charge < -0.3 is 9.30 Å². The fourth-order valence-electron chi connectivity index (χ4n) is 3.15. The van der Waals surface area contributed by atoms with Gasteiger partial charge >= 0.3 is 0 Å². The van der Waals surface area contributed by atoms with E-state index in [0.29, 0.717) is 5.88 Å². The van der Waals surface area contributed by atoms with E-state index in [2.05, 4.69) is 23.5 Å². The van der Waals surface area contributed by atoms with E-state index in [9.17, 15) is 0 Å². The first kappa shape index (κ1) is 13.9. The van der Waals surface area contributed by atoms with Crippen LogP contribution in [0.15, 0.2) is 0 Å². The van der Waals surface area contributed by atoms with Gasteiger partial charge in [-0.05, 0) is 26.2 Å². The third-order valence-corrected chi connectivity index (χ3v) is 4.58. The standard InChI is InChI=1S/C14H21ClN4O/c1-4-10-12-13(18(3)17-10)19(11(9-15)16-12)14(2)5-7-20-8-6-14/h4-9H2,1-3H3. The minimum atomic E-state index is 0.00995. The predicted octanol–water partition coefficient (Wildman–Crippen LogP) is 2.60. The monoisotopic (exact) mass is 296 g/mol. The van der Waals surface area contributed by atoms with Crippen molar-refractivity contribution in [2.75, 3.05) is 13.2 Å². The largest absolute Gasteiger partial charge is 0.381 e. The van der Waals surface area contributed by atoms with Gasteiger partial charge in [0.25, 0.3) is 0 Å². The van der Waals surface area contributed by atoms with Gasteiger partial charge in [-0.25, -0.2) is 4.98 Å². The summed E-state index contributed by atoms with van der Waals surface area (Å²) in [6, 6.07) is 0. The molecule has 3 rings (SSSR count). The van der Waals surface area contributed by atoms with Gasteiger partial charge in [0, 0.05) is 25.8 Å². The van der Waals surface area contributed by atoms with Crippen molar-refractivity contribution in [2.45, 2.75) is 44.5 Å². The lowest BCUT2D eigenvalue weighted by Crippen LogP contribution is -2.38. The Bertz CT molecular complexity index is 625. The Morgan fingerprint density at radius 1 is 1.35 bits per heavy atom. The van der Waals surface area contributed by atoms with E-state index in [0.717, 1.165) is 55.2 Å². The van der Waals surface area contributed by atoms with Gasteiger partial charge in [-0.1, -0.05) is 6.92 Å². The average Bonchev–Trinajstić information content (AvgIpc) is 2.97. The summed E-state index contributed by atoms with van der Waals surface area (Å²) in [6.07, 6.45) is 2.85. The van der Waals surface area contributed by atoms with Crippen molar-refractivity contribution in [3.8, 4) is 0 Å². The Hall–Kier alpha value is -1.07. The van der Waals surface area contributed by atoms with Crippen LogP contribution in [0.5, 0.6) is 0 Å². The molecule has 2 aromatic heterocycles. The zero-order valence-electron chi connectivity index (χ0n) is 12.3. The van der Waals surface area contributed by atoms with Crippen LogP contribution in [-0.4, -0.2) is 32.5 Å². The highest BCUT2D eigenvalue weighted by Crippen LogP contribution is 2.34. The van der Waals surface area contributed by atoms with Crippen LogP contribution in [0.25, 0.3) is 11.2 Å². The number of hydrogen-bond donors (Lipinski definition) is 0. The van der Waals surface area contributed by atoms with Gasteiger partial charge in [0.15, 0.2) is 5.65 Å². The highest BCUT2D eigenvalue weighted by atomic mass is 35.5. The first-order valence-corrected chi connectivity index (χ1v) is 7.71. The van der Waals surface area contributed by atoms with Crippen LogP contribution in [-0.2, 0) is 29.6 Å². The van der Waals surface area contributed by atoms with Gasteiger partial charge in [-0.15, -0.1) is 11.6 Å². The van der Waals surface area contributed by atoms with Crippen molar-refractivity contribution in [3.05, 3.63) is 11.5 Å². The summed E-state index contributed by atoms with van der Waals surface area (Å²) in [5.41, 5.74) is 3.14. The number of aryl methyl sites for hydroxylation is 2. The van der Waals surface area contributed by atoms with Crippen LogP contribution < -0.4 is 0 Å². The van der Waals surface area contributed by atoms with Crippen molar-refractivity contribution in [1.29, 1.82) is 0 Å². The Balaban J connectivity index is 2.24. The number of nitrogens with zero attached hydrogens (tertiary/aromatic N) is 4. The van der Waals surface area contributed by atoms with E-state index in [1.165, 1.54) is 0 Å². The van der Waals surface area contributed by atoms with E-state index in [1.54, 1.807) is 0 Å². The molecule has 0 unspecified atom stereocenters. The fraction of sp³-hybridized carbons (Fsp3) is 0.714. The molecule has 0 aromatic carbocycles. The molecule has 0 saturated carbocycles. The lowest BCUT2D eigenvalue weighted by Gasteiger charge is -2.36. The number of hydrogen-bond acceptors (Lipinski definition) is 3. The number of fused-ring (bicyclic) bond motifs is 1. The minimum absolute atomic E-state index is 0.00995. The lowest BCUT2D eigenvalue weighted by molar-refractivity contribution is 0.0298. The van der Waals surface area contributed by atoms with E-state index < -0.39 is 0 Å². The van der Waals surface area contributed by atoms with E-state index in [1.807, 2.05) is 11.7 Å². The first-order chi connectivity index (χ1) is 9.60. The number of alkyl halides is 1. The maximum atomic E-state index is 6.15. The SMILES string of the molecule is CCc1nn(C)c2c1nc(CCl)n2C1(C)CCOCC1. The first-order valence-electron chi connectivity index (χ1n) is 7.18. The molecule has 2 aromatic rings. The molecular weight excluding hydrogens is 276 g/mol. The number of aromatic nitrogens is 4. The summed E-state index contributed by atoms with van der Waals surface area (Å²) in [4.78, 5) is 4.75. The van der Waals surface area contributed by atoms with E-state index >= 15 is 0 Å². The van der Waals surface area contributed by atoms with Crippen molar-refractivity contribution >= 4 is 22.8 Å². The molecule has 110 valence electrons.